The second kappa shape index (κ2) is 7.40. The van der Waals surface area contributed by atoms with E-state index in [4.69, 9.17) is 23.2 Å². The van der Waals surface area contributed by atoms with Crippen molar-refractivity contribution in [1.82, 2.24) is 19.7 Å². The monoisotopic (exact) mass is 327 g/mol. The third kappa shape index (κ3) is 5.00. The predicted octanol–water partition coefficient (Wildman–Crippen LogP) is 2.16. The lowest BCUT2D eigenvalue weighted by Gasteiger charge is -2.16. The van der Waals surface area contributed by atoms with E-state index >= 15 is 0 Å². The Balaban J connectivity index is 1.79. The van der Waals surface area contributed by atoms with Crippen LogP contribution in [0.4, 0.5) is 5.69 Å². The van der Waals surface area contributed by atoms with Crippen molar-refractivity contribution in [3.63, 3.8) is 0 Å². The second-order valence-electron chi connectivity index (χ2n) is 4.57. The SMILES string of the molecule is CN(CCn1cncn1)CC(=O)Nc1ccc(Cl)c(Cl)c1. The molecule has 1 aromatic carbocycles. The van der Waals surface area contributed by atoms with Gasteiger partial charge in [-0.2, -0.15) is 5.10 Å². The van der Waals surface area contributed by atoms with Crippen molar-refractivity contribution in [3.05, 3.63) is 40.9 Å². The molecule has 21 heavy (non-hydrogen) atoms. The molecule has 1 heterocycles. The van der Waals surface area contributed by atoms with Crippen molar-refractivity contribution < 1.29 is 4.79 Å². The van der Waals surface area contributed by atoms with Crippen molar-refractivity contribution in [2.45, 2.75) is 6.54 Å². The van der Waals surface area contributed by atoms with Crippen LogP contribution >= 0.6 is 23.2 Å². The summed E-state index contributed by atoms with van der Waals surface area (Å²) in [6.45, 7) is 1.64. The Labute approximate surface area is 132 Å². The third-order valence-electron chi connectivity index (χ3n) is 2.79. The van der Waals surface area contributed by atoms with E-state index in [-0.39, 0.29) is 12.5 Å². The van der Waals surface area contributed by atoms with E-state index in [1.54, 1.807) is 29.2 Å². The number of rotatable bonds is 6. The fourth-order valence-corrected chi connectivity index (χ4v) is 2.02. The van der Waals surface area contributed by atoms with Crippen LogP contribution in [-0.2, 0) is 11.3 Å². The number of halogens is 2. The van der Waals surface area contributed by atoms with Gasteiger partial charge >= 0.3 is 0 Å². The molecule has 0 saturated heterocycles. The Kier molecular flexibility index (Phi) is 5.55. The number of likely N-dealkylation sites (N-methyl/N-ethyl adjacent to an activating group) is 1. The molecule has 6 nitrogen and oxygen atoms in total. The van der Waals surface area contributed by atoms with Crippen LogP contribution in [-0.4, -0.2) is 45.7 Å². The molecule has 0 bridgehead atoms. The first-order chi connectivity index (χ1) is 10.0. The number of benzene rings is 1. The molecule has 1 amide bonds. The van der Waals surface area contributed by atoms with Crippen LogP contribution in [0.1, 0.15) is 0 Å². The molecule has 0 radical (unpaired) electrons. The number of carbonyl (C=O) groups excluding carboxylic acids is 1. The number of anilines is 1. The number of aromatic nitrogens is 3. The highest BCUT2D eigenvalue weighted by Gasteiger charge is 2.08. The summed E-state index contributed by atoms with van der Waals surface area (Å²) in [7, 11) is 1.87. The summed E-state index contributed by atoms with van der Waals surface area (Å²) < 4.78 is 1.72. The van der Waals surface area contributed by atoms with Crippen LogP contribution in [0.2, 0.25) is 10.0 Å². The smallest absolute Gasteiger partial charge is 0.238 e. The van der Waals surface area contributed by atoms with Crippen LogP contribution in [0.3, 0.4) is 0 Å². The van der Waals surface area contributed by atoms with E-state index in [1.807, 2.05) is 11.9 Å². The lowest BCUT2D eigenvalue weighted by molar-refractivity contribution is -0.117. The average Bonchev–Trinajstić information content (AvgIpc) is 2.94. The number of nitrogens with zero attached hydrogens (tertiary/aromatic N) is 4. The van der Waals surface area contributed by atoms with Crippen LogP contribution < -0.4 is 5.32 Å². The Hall–Kier alpha value is -1.63. The molecule has 0 aliphatic carbocycles. The normalized spacial score (nSPS) is 10.9. The first-order valence-corrected chi connectivity index (χ1v) is 7.06. The molecule has 112 valence electrons. The average molecular weight is 328 g/mol. The minimum Gasteiger partial charge on any atom is -0.325 e. The van der Waals surface area contributed by atoms with E-state index < -0.39 is 0 Å². The van der Waals surface area contributed by atoms with E-state index in [9.17, 15) is 4.79 Å². The zero-order chi connectivity index (χ0) is 15.2. The summed E-state index contributed by atoms with van der Waals surface area (Å²) in [6.07, 6.45) is 3.13. The van der Waals surface area contributed by atoms with E-state index in [0.717, 1.165) is 0 Å². The minimum absolute atomic E-state index is 0.116. The molecule has 2 aromatic rings. The van der Waals surface area contributed by atoms with Gasteiger partial charge < -0.3 is 5.32 Å². The number of carbonyl (C=O) groups is 1. The fraction of sp³-hybridized carbons (Fsp3) is 0.308. The molecule has 0 aliphatic heterocycles. The van der Waals surface area contributed by atoms with Crippen LogP contribution in [0.15, 0.2) is 30.9 Å². The first kappa shape index (κ1) is 15.8. The van der Waals surface area contributed by atoms with Gasteiger partial charge in [0.05, 0.1) is 23.1 Å². The molecule has 2 rings (SSSR count). The lowest BCUT2D eigenvalue weighted by Crippen LogP contribution is -2.32. The minimum atomic E-state index is -0.116. The molecular weight excluding hydrogens is 313 g/mol. The van der Waals surface area contributed by atoms with Crippen molar-refractivity contribution in [2.75, 3.05) is 25.5 Å². The van der Waals surface area contributed by atoms with Crippen molar-refractivity contribution >= 4 is 34.8 Å². The van der Waals surface area contributed by atoms with Crippen LogP contribution in [0.5, 0.6) is 0 Å². The summed E-state index contributed by atoms with van der Waals surface area (Å²) in [5.41, 5.74) is 0.624. The molecule has 1 N–H and O–H groups in total. The van der Waals surface area contributed by atoms with Gasteiger partial charge in [-0.1, -0.05) is 23.2 Å². The summed E-state index contributed by atoms with van der Waals surface area (Å²) in [5.74, 6) is -0.116. The van der Waals surface area contributed by atoms with E-state index in [0.29, 0.717) is 28.8 Å². The van der Waals surface area contributed by atoms with Gasteiger partial charge in [-0.15, -0.1) is 0 Å². The topological polar surface area (TPSA) is 63.1 Å². The molecular formula is C13H15Cl2N5O. The molecule has 0 fully saturated rings. The predicted molar refractivity (Wildman–Crippen MR) is 82.6 cm³/mol. The Bertz CT molecular complexity index is 603. The van der Waals surface area contributed by atoms with Gasteiger partial charge in [-0.05, 0) is 25.2 Å². The summed E-state index contributed by atoms with van der Waals surface area (Å²) in [4.78, 5) is 17.7. The molecule has 0 saturated carbocycles. The number of hydrogen-bond donors (Lipinski definition) is 1. The Morgan fingerprint density at radius 1 is 1.38 bits per heavy atom. The third-order valence-corrected chi connectivity index (χ3v) is 3.53. The lowest BCUT2D eigenvalue weighted by atomic mass is 10.3. The summed E-state index contributed by atoms with van der Waals surface area (Å²) in [5, 5.41) is 7.65. The van der Waals surface area contributed by atoms with E-state index in [1.165, 1.54) is 6.33 Å². The van der Waals surface area contributed by atoms with Gasteiger partial charge in [0.25, 0.3) is 0 Å². The van der Waals surface area contributed by atoms with Gasteiger partial charge in [0.15, 0.2) is 0 Å². The molecule has 0 spiro atoms. The Morgan fingerprint density at radius 3 is 2.86 bits per heavy atom. The van der Waals surface area contributed by atoms with Gasteiger partial charge in [0.1, 0.15) is 12.7 Å². The van der Waals surface area contributed by atoms with Crippen molar-refractivity contribution in [3.8, 4) is 0 Å². The summed E-state index contributed by atoms with van der Waals surface area (Å²) in [6, 6.07) is 4.98. The number of nitrogens with one attached hydrogen (secondary N) is 1. The molecule has 0 aliphatic rings. The highest BCUT2D eigenvalue weighted by atomic mass is 35.5. The van der Waals surface area contributed by atoms with Gasteiger partial charge in [-0.25, -0.2) is 4.98 Å². The summed E-state index contributed by atoms with van der Waals surface area (Å²) >= 11 is 11.7. The molecule has 1 aromatic heterocycles. The molecule has 0 atom stereocenters. The highest BCUT2D eigenvalue weighted by molar-refractivity contribution is 6.42. The van der Waals surface area contributed by atoms with Crippen LogP contribution in [0.25, 0.3) is 0 Å². The molecule has 8 heteroatoms. The standard InChI is InChI=1S/C13H15Cl2N5O/c1-19(4-5-20-9-16-8-17-20)7-13(21)18-10-2-3-11(14)12(15)6-10/h2-3,6,8-9H,4-5,7H2,1H3,(H,18,21). The number of amides is 1. The second-order valence-corrected chi connectivity index (χ2v) is 5.39. The molecule has 0 unspecified atom stereocenters. The highest BCUT2D eigenvalue weighted by Crippen LogP contribution is 2.24. The van der Waals surface area contributed by atoms with Crippen molar-refractivity contribution in [2.24, 2.45) is 0 Å². The maximum Gasteiger partial charge on any atom is 0.238 e. The maximum absolute atomic E-state index is 11.9. The zero-order valence-electron chi connectivity index (χ0n) is 11.5. The van der Waals surface area contributed by atoms with Gasteiger partial charge in [0.2, 0.25) is 5.91 Å². The first-order valence-electron chi connectivity index (χ1n) is 6.30. The largest absolute Gasteiger partial charge is 0.325 e. The fourth-order valence-electron chi connectivity index (χ4n) is 1.72. The number of hydrogen-bond acceptors (Lipinski definition) is 4. The van der Waals surface area contributed by atoms with Crippen molar-refractivity contribution in [1.29, 1.82) is 0 Å². The van der Waals surface area contributed by atoms with Gasteiger partial charge in [0, 0.05) is 12.2 Å². The Morgan fingerprint density at radius 2 is 2.19 bits per heavy atom. The van der Waals surface area contributed by atoms with Gasteiger partial charge in [-0.3, -0.25) is 14.4 Å². The van der Waals surface area contributed by atoms with Crippen LogP contribution in [0, 0.1) is 0 Å². The zero-order valence-corrected chi connectivity index (χ0v) is 13.0. The maximum atomic E-state index is 11.9. The quantitative estimate of drug-likeness (QED) is 0.883. The van der Waals surface area contributed by atoms with E-state index in [2.05, 4.69) is 15.4 Å².